The molecule has 0 aromatic rings. The van der Waals surface area contributed by atoms with Crippen LogP contribution in [0.3, 0.4) is 0 Å². The third kappa shape index (κ3) is 69.5. The second-order valence-corrected chi connectivity index (χ2v) is 18.8. The first-order valence-corrected chi connectivity index (χ1v) is 31.1. The minimum absolute atomic E-state index is 0.00130. The first kappa shape index (κ1) is 90.8. The van der Waals surface area contributed by atoms with E-state index in [4.69, 9.17) is 134 Å². The van der Waals surface area contributed by atoms with Crippen LogP contribution in [-0.4, -0.2) is 377 Å². The van der Waals surface area contributed by atoms with Crippen molar-refractivity contribution in [1.29, 1.82) is 0 Å². The van der Waals surface area contributed by atoms with Gasteiger partial charge in [-0.25, -0.2) is 14.7 Å². The maximum atomic E-state index is 10.9. The molecule has 0 radical (unpaired) electrons. The molecule has 95 heavy (non-hydrogen) atoms. The highest BCUT2D eigenvalue weighted by atomic mass is 17.2. The molecule has 0 fully saturated rings. The summed E-state index contributed by atoms with van der Waals surface area (Å²) in [6, 6.07) is 0. The smallest absolute Gasteiger partial charge is 0.305 e. The van der Waals surface area contributed by atoms with E-state index in [0.717, 1.165) is 0 Å². The van der Waals surface area contributed by atoms with Gasteiger partial charge in [-0.05, 0) is 6.42 Å². The first-order valence-electron chi connectivity index (χ1n) is 31.1. The molecular weight excluding hydrogens is 1290 g/mol. The molecule has 0 aromatic heterocycles. The van der Waals surface area contributed by atoms with E-state index >= 15 is 0 Å². The zero-order chi connectivity index (χ0) is 68.9. The molecule has 6 atom stereocenters. The standard InChI is InChI=1S/C58H106O37/c1-67-95-34-27-75-8-15-77-36-52(88-28-21-69-6-3-58(64)65)37-83-39-54(90-30-23-71-10-17-79-48-60)41-85-43-56(92-32-25-73-12-19-81-50-62)45-87-46-57(93-33-26-74-13-20-82-51-63)44-86-42-55(91-31-24-72-11-18-80-49-61)40-84-38-53(89-29-22-70-9-16-78-47-59)35-76-14-7-68-4-2-5-94-66/h47-57,66H,2-46H2,1H3,(H,64,65). The Morgan fingerprint density at radius 2 is 0.495 bits per heavy atom. The van der Waals surface area contributed by atoms with Gasteiger partial charge in [0.15, 0.2) is 0 Å². The number of rotatable bonds is 85. The van der Waals surface area contributed by atoms with E-state index in [0.29, 0.717) is 45.4 Å². The van der Waals surface area contributed by atoms with Crippen LogP contribution in [0.25, 0.3) is 0 Å². The number of ether oxygens (including phenoxy) is 26. The van der Waals surface area contributed by atoms with Crippen molar-refractivity contribution < 1.29 is 177 Å². The molecule has 6 unspecified atom stereocenters. The molecule has 37 heteroatoms. The summed E-state index contributed by atoms with van der Waals surface area (Å²) in [6.07, 6.45) is -3.50. The molecule has 0 rings (SSSR count). The number of hydrogen-bond acceptors (Lipinski definition) is 36. The average Bonchev–Trinajstić information content (AvgIpc) is 3.67. The Kier molecular flexibility index (Phi) is 73.8. The minimum Gasteiger partial charge on any atom is -0.481 e. The van der Waals surface area contributed by atoms with Crippen LogP contribution in [0.2, 0.25) is 0 Å². The molecule has 0 aliphatic rings. The number of aliphatic carboxylic acids is 1. The summed E-state index contributed by atoms with van der Waals surface area (Å²) < 4.78 is 146. The first-order chi connectivity index (χ1) is 46.9. The highest BCUT2D eigenvalue weighted by molar-refractivity contribution is 5.66. The van der Waals surface area contributed by atoms with Crippen molar-refractivity contribution in [1.82, 2.24) is 0 Å². The summed E-state index contributed by atoms with van der Waals surface area (Å²) in [5.41, 5.74) is 0. The summed E-state index contributed by atoms with van der Waals surface area (Å²) in [7, 11) is 1.40. The summed E-state index contributed by atoms with van der Waals surface area (Å²) in [5, 5.41) is 17.5. The van der Waals surface area contributed by atoms with Crippen molar-refractivity contribution >= 4 is 38.3 Å². The summed E-state index contributed by atoms with van der Waals surface area (Å²) in [4.78, 5) is 77.3. The zero-order valence-corrected chi connectivity index (χ0v) is 54.9. The number of carboxylic acid groups (broad SMARTS) is 1. The van der Waals surface area contributed by atoms with Crippen molar-refractivity contribution in [2.24, 2.45) is 0 Å². The lowest BCUT2D eigenvalue weighted by Crippen LogP contribution is -2.36. The van der Waals surface area contributed by atoms with Crippen LogP contribution in [0.1, 0.15) is 12.8 Å². The molecule has 0 amide bonds. The van der Waals surface area contributed by atoms with Gasteiger partial charge >= 0.3 is 5.97 Å². The highest BCUT2D eigenvalue weighted by Gasteiger charge is 2.21. The Balaban J connectivity index is 6.25. The zero-order valence-electron chi connectivity index (χ0n) is 54.9. The molecule has 560 valence electrons. The van der Waals surface area contributed by atoms with E-state index in [1.54, 1.807) is 0 Å². The molecule has 37 nitrogen and oxygen atoms in total. The molecule has 0 bridgehead atoms. The number of carbonyl (C=O) groups is 6. The van der Waals surface area contributed by atoms with Gasteiger partial charge in [0, 0.05) is 6.61 Å². The monoisotopic (exact) mass is 1390 g/mol. The number of carbonyl (C=O) groups excluding carboxylic acids is 5. The van der Waals surface area contributed by atoms with Crippen LogP contribution in [0.4, 0.5) is 0 Å². The van der Waals surface area contributed by atoms with Crippen LogP contribution in [0, 0.1) is 0 Å². The lowest BCUT2D eigenvalue weighted by molar-refractivity contribution is -0.278. The van der Waals surface area contributed by atoms with E-state index in [2.05, 4.69) is 14.5 Å². The number of carboxylic acids is 1. The normalized spacial score (nSPS) is 13.4. The van der Waals surface area contributed by atoms with Gasteiger partial charge in [0.1, 0.15) is 76.3 Å². The van der Waals surface area contributed by atoms with Crippen molar-refractivity contribution in [3.05, 3.63) is 0 Å². The van der Waals surface area contributed by atoms with E-state index in [9.17, 15) is 28.8 Å². The third-order valence-corrected chi connectivity index (χ3v) is 11.4. The van der Waals surface area contributed by atoms with Gasteiger partial charge < -0.3 is 128 Å². The lowest BCUT2D eigenvalue weighted by atomic mass is 10.3. The molecule has 0 aliphatic carbocycles. The molecule has 0 aromatic carbocycles. The van der Waals surface area contributed by atoms with Crippen LogP contribution < -0.4 is 0 Å². The fourth-order valence-corrected chi connectivity index (χ4v) is 6.98. The van der Waals surface area contributed by atoms with Crippen molar-refractivity contribution in [3.8, 4) is 0 Å². The molecule has 0 saturated heterocycles. The highest BCUT2D eigenvalue weighted by Crippen LogP contribution is 2.07. The van der Waals surface area contributed by atoms with Gasteiger partial charge in [0.2, 0.25) is 0 Å². The van der Waals surface area contributed by atoms with Crippen molar-refractivity contribution in [3.63, 3.8) is 0 Å². The van der Waals surface area contributed by atoms with Gasteiger partial charge in [-0.2, -0.15) is 0 Å². The van der Waals surface area contributed by atoms with Crippen LogP contribution >= 0.6 is 0 Å². The van der Waals surface area contributed by atoms with Gasteiger partial charge in [-0.15, -0.1) is 0 Å². The second-order valence-electron chi connectivity index (χ2n) is 18.8. The second kappa shape index (κ2) is 77.2. The van der Waals surface area contributed by atoms with Gasteiger partial charge in [0.25, 0.3) is 32.4 Å². The predicted octanol–water partition coefficient (Wildman–Crippen LogP) is -1.66. The summed E-state index contributed by atoms with van der Waals surface area (Å²) >= 11 is 0. The SMILES string of the molecule is COOCCOCCOCC(COCC(COCC(COCC(COCC(COCC(COCCOCCCOO)OCCOCCOC=O)OCCOCCOC=O)OCCOCCOC=O)OCCOCCOC=O)OCCOCCOC=O)OCCOCCC(=O)O. The van der Waals surface area contributed by atoms with E-state index in [-0.39, 0.29) is 284 Å². The predicted molar refractivity (Wildman–Crippen MR) is 319 cm³/mol. The van der Waals surface area contributed by atoms with E-state index < -0.39 is 42.6 Å². The molecule has 0 saturated carbocycles. The topological polar surface area (TPSA) is 411 Å². The van der Waals surface area contributed by atoms with Crippen molar-refractivity contribution in [2.45, 2.75) is 49.5 Å². The summed E-state index contributed by atoms with van der Waals surface area (Å²) in [5.74, 6) is -0.988. The van der Waals surface area contributed by atoms with E-state index in [1.807, 2.05) is 0 Å². The maximum absolute atomic E-state index is 10.9. The molecule has 0 heterocycles. The van der Waals surface area contributed by atoms with Crippen LogP contribution in [0.5, 0.6) is 0 Å². The fraction of sp³-hybridized carbons (Fsp3) is 0.897. The fourth-order valence-electron chi connectivity index (χ4n) is 6.98. The molecular formula is C58H106O37. The molecule has 0 spiro atoms. The lowest BCUT2D eigenvalue weighted by Gasteiger charge is -2.24. The Morgan fingerprint density at radius 1 is 0.274 bits per heavy atom. The third-order valence-electron chi connectivity index (χ3n) is 11.4. The largest absolute Gasteiger partial charge is 0.481 e. The Labute approximate surface area is 554 Å². The van der Waals surface area contributed by atoms with Gasteiger partial charge in [-0.3, -0.25) is 34.0 Å². The maximum Gasteiger partial charge on any atom is 0.305 e. The van der Waals surface area contributed by atoms with Gasteiger partial charge in [0.05, 0.1) is 251 Å². The van der Waals surface area contributed by atoms with Crippen LogP contribution in [0.15, 0.2) is 0 Å². The van der Waals surface area contributed by atoms with Crippen LogP contribution in [-0.2, 0) is 167 Å². The quantitative estimate of drug-likeness (QED) is 0.0226. The Hall–Kier alpha value is -4.18. The van der Waals surface area contributed by atoms with E-state index in [1.165, 1.54) is 7.11 Å². The minimum atomic E-state index is -0.988. The Bertz CT molecular complexity index is 1620. The van der Waals surface area contributed by atoms with Crippen molar-refractivity contribution in [2.75, 3.05) is 291 Å². The van der Waals surface area contributed by atoms with Gasteiger partial charge in [-0.1, -0.05) is 0 Å². The average molecular weight is 1400 g/mol. The molecule has 2 N–H and O–H groups in total. The summed E-state index contributed by atoms with van der Waals surface area (Å²) in [6.45, 7) is 6.70. The molecule has 0 aliphatic heterocycles. The Morgan fingerprint density at radius 3 is 0.747 bits per heavy atom. The number of hydrogen-bond donors (Lipinski definition) is 2.